The van der Waals surface area contributed by atoms with E-state index in [9.17, 15) is 0 Å². The molecule has 1 aliphatic heterocycles. The molecule has 34 heavy (non-hydrogen) atoms. The van der Waals surface area contributed by atoms with E-state index in [1.54, 1.807) is 11.3 Å². The Morgan fingerprint density at radius 3 is 2.53 bits per heavy atom. The number of likely N-dealkylation sites (N-methyl/N-ethyl adjacent to an activating group) is 1. The molecule has 5 aromatic rings. The summed E-state index contributed by atoms with van der Waals surface area (Å²) in [6.07, 6.45) is 1.91. The van der Waals surface area contributed by atoms with Crippen LogP contribution in [-0.2, 0) is 0 Å². The van der Waals surface area contributed by atoms with Crippen molar-refractivity contribution in [2.24, 2.45) is 0 Å². The van der Waals surface area contributed by atoms with Gasteiger partial charge in [-0.05, 0) is 30.8 Å². The van der Waals surface area contributed by atoms with Gasteiger partial charge < -0.3 is 15.5 Å². The average Bonchev–Trinajstić information content (AvgIpc) is 3.32. The van der Waals surface area contributed by atoms with Crippen LogP contribution in [-0.4, -0.2) is 52.6 Å². The van der Waals surface area contributed by atoms with Crippen LogP contribution in [0.3, 0.4) is 0 Å². The van der Waals surface area contributed by atoms with Gasteiger partial charge >= 0.3 is 0 Å². The molecular weight excluding hydrogens is 440 g/mol. The molecule has 1 saturated heterocycles. The van der Waals surface area contributed by atoms with Crippen molar-refractivity contribution in [2.45, 2.75) is 6.92 Å². The van der Waals surface area contributed by atoms with Crippen molar-refractivity contribution >= 4 is 44.1 Å². The quantitative estimate of drug-likeness (QED) is 0.388. The molecular formula is C27H26N6S. The molecule has 0 amide bonds. The van der Waals surface area contributed by atoms with Crippen LogP contribution in [0, 0.1) is 0 Å². The topological polar surface area (TPSA) is 71.2 Å². The van der Waals surface area contributed by atoms with Crippen LogP contribution in [0.5, 0.6) is 0 Å². The van der Waals surface area contributed by atoms with Gasteiger partial charge in [0.05, 0.1) is 21.4 Å². The molecule has 0 aliphatic carbocycles. The number of para-hydroxylation sites is 1. The van der Waals surface area contributed by atoms with E-state index in [1.807, 2.05) is 24.4 Å². The molecule has 3 aromatic heterocycles. The van der Waals surface area contributed by atoms with E-state index < -0.39 is 0 Å². The minimum atomic E-state index is 0.288. The van der Waals surface area contributed by atoms with Crippen LogP contribution in [0.15, 0.2) is 66.2 Å². The lowest BCUT2D eigenvalue weighted by Crippen LogP contribution is -2.46. The van der Waals surface area contributed by atoms with Crippen LogP contribution in [0.4, 0.5) is 11.6 Å². The summed E-state index contributed by atoms with van der Waals surface area (Å²) >= 11 is 1.66. The smallest absolute Gasteiger partial charge is 0.221 e. The summed E-state index contributed by atoms with van der Waals surface area (Å²) in [5.41, 5.74) is 13.3. The highest BCUT2D eigenvalue weighted by Crippen LogP contribution is 2.39. The van der Waals surface area contributed by atoms with Gasteiger partial charge in [0.15, 0.2) is 0 Å². The minimum Gasteiger partial charge on any atom is -0.369 e. The number of thiophene rings is 1. The van der Waals surface area contributed by atoms with Gasteiger partial charge in [-0.25, -0.2) is 9.97 Å². The van der Waals surface area contributed by atoms with Crippen molar-refractivity contribution in [3.8, 4) is 22.4 Å². The first kappa shape index (κ1) is 21.0. The molecule has 2 aromatic carbocycles. The molecule has 170 valence electrons. The number of pyridine rings is 1. The van der Waals surface area contributed by atoms with Gasteiger partial charge in [-0.3, -0.25) is 4.98 Å². The Labute approximate surface area is 202 Å². The molecule has 0 saturated carbocycles. The third-order valence-electron chi connectivity index (χ3n) is 6.66. The van der Waals surface area contributed by atoms with Crippen LogP contribution in [0.1, 0.15) is 6.92 Å². The zero-order chi connectivity index (χ0) is 23.1. The SMILES string of the molecule is CCN1CCN(c2ccc(-c3nc(N)nc4c(-c5cnc6ccccc6c5)csc34)cc2)CC1. The van der Waals surface area contributed by atoms with Crippen molar-refractivity contribution in [1.82, 2.24) is 19.9 Å². The predicted molar refractivity (Wildman–Crippen MR) is 142 cm³/mol. The highest BCUT2D eigenvalue weighted by atomic mass is 32.1. The summed E-state index contributed by atoms with van der Waals surface area (Å²) in [4.78, 5) is 18.8. The molecule has 2 N–H and O–H groups in total. The molecule has 7 heteroatoms. The van der Waals surface area contributed by atoms with Gasteiger partial charge in [-0.1, -0.05) is 37.3 Å². The van der Waals surface area contributed by atoms with E-state index in [0.717, 1.165) is 76.2 Å². The zero-order valence-electron chi connectivity index (χ0n) is 19.1. The molecule has 6 rings (SSSR count). The van der Waals surface area contributed by atoms with Crippen molar-refractivity contribution in [2.75, 3.05) is 43.4 Å². The average molecular weight is 467 g/mol. The summed E-state index contributed by atoms with van der Waals surface area (Å²) < 4.78 is 1.04. The Hall–Kier alpha value is -3.55. The number of rotatable bonds is 4. The van der Waals surface area contributed by atoms with Crippen molar-refractivity contribution in [3.63, 3.8) is 0 Å². The van der Waals surface area contributed by atoms with Gasteiger partial charge in [0.1, 0.15) is 0 Å². The number of nitrogens with two attached hydrogens (primary N) is 1. The maximum Gasteiger partial charge on any atom is 0.221 e. The van der Waals surface area contributed by atoms with Crippen LogP contribution in [0.25, 0.3) is 43.5 Å². The van der Waals surface area contributed by atoms with Gasteiger partial charge in [-0.15, -0.1) is 11.3 Å². The minimum absolute atomic E-state index is 0.288. The summed E-state index contributed by atoms with van der Waals surface area (Å²) in [5.74, 6) is 0.288. The lowest BCUT2D eigenvalue weighted by atomic mass is 10.1. The fourth-order valence-electron chi connectivity index (χ4n) is 4.71. The number of nitrogen functional groups attached to an aromatic ring is 1. The number of piperazine rings is 1. The van der Waals surface area contributed by atoms with E-state index in [2.05, 4.69) is 73.5 Å². The molecule has 0 radical (unpaired) electrons. The second-order valence-corrected chi connectivity index (χ2v) is 9.52. The maximum absolute atomic E-state index is 6.19. The fraction of sp³-hybridized carbons (Fsp3) is 0.222. The Morgan fingerprint density at radius 2 is 1.74 bits per heavy atom. The first-order valence-electron chi connectivity index (χ1n) is 11.7. The normalized spacial score (nSPS) is 14.8. The molecule has 0 spiro atoms. The van der Waals surface area contributed by atoms with Crippen LogP contribution < -0.4 is 10.6 Å². The third kappa shape index (κ3) is 3.77. The highest BCUT2D eigenvalue weighted by Gasteiger charge is 2.18. The Morgan fingerprint density at radius 1 is 0.941 bits per heavy atom. The van der Waals surface area contributed by atoms with Crippen LogP contribution in [0.2, 0.25) is 0 Å². The number of hydrogen-bond donors (Lipinski definition) is 1. The monoisotopic (exact) mass is 466 g/mol. The Bertz CT molecular complexity index is 1470. The molecule has 0 unspecified atom stereocenters. The third-order valence-corrected chi connectivity index (χ3v) is 7.64. The summed E-state index contributed by atoms with van der Waals surface area (Å²) in [6.45, 7) is 7.70. The maximum atomic E-state index is 6.19. The van der Waals surface area contributed by atoms with E-state index in [1.165, 1.54) is 5.69 Å². The van der Waals surface area contributed by atoms with E-state index in [-0.39, 0.29) is 5.95 Å². The molecule has 6 nitrogen and oxygen atoms in total. The second kappa shape index (κ2) is 8.66. The van der Waals surface area contributed by atoms with E-state index in [0.29, 0.717) is 0 Å². The second-order valence-electron chi connectivity index (χ2n) is 8.64. The van der Waals surface area contributed by atoms with Crippen molar-refractivity contribution < 1.29 is 0 Å². The van der Waals surface area contributed by atoms with Gasteiger partial charge in [0.2, 0.25) is 5.95 Å². The molecule has 1 aliphatic rings. The van der Waals surface area contributed by atoms with Gasteiger partial charge in [-0.2, -0.15) is 0 Å². The summed E-state index contributed by atoms with van der Waals surface area (Å²) in [5, 5.41) is 3.24. The summed E-state index contributed by atoms with van der Waals surface area (Å²) in [6, 6.07) is 19.0. The number of fused-ring (bicyclic) bond motifs is 2. The van der Waals surface area contributed by atoms with Crippen molar-refractivity contribution in [3.05, 3.63) is 66.2 Å². The number of nitrogens with zero attached hydrogens (tertiary/aromatic N) is 5. The fourth-order valence-corrected chi connectivity index (χ4v) is 5.73. The van der Waals surface area contributed by atoms with E-state index in [4.69, 9.17) is 5.73 Å². The number of benzene rings is 2. The van der Waals surface area contributed by atoms with E-state index >= 15 is 0 Å². The number of anilines is 2. The molecule has 1 fully saturated rings. The molecule has 0 bridgehead atoms. The number of aromatic nitrogens is 3. The lowest BCUT2D eigenvalue weighted by molar-refractivity contribution is 0.271. The predicted octanol–water partition coefficient (Wildman–Crippen LogP) is 5.30. The van der Waals surface area contributed by atoms with Gasteiger partial charge in [0.25, 0.3) is 0 Å². The first-order valence-corrected chi connectivity index (χ1v) is 12.5. The van der Waals surface area contributed by atoms with Crippen LogP contribution >= 0.6 is 11.3 Å². The first-order chi connectivity index (χ1) is 16.7. The Balaban J connectivity index is 1.36. The van der Waals surface area contributed by atoms with Gasteiger partial charge in [0, 0.05) is 65.5 Å². The summed E-state index contributed by atoms with van der Waals surface area (Å²) in [7, 11) is 0. The standard InChI is InChI=1S/C27H26N6S/c1-2-32-11-13-33(14-12-32)21-9-7-18(8-10-21)24-26-25(31-27(28)30-24)22(17-34-26)20-15-19-5-3-4-6-23(19)29-16-20/h3-10,15-17H,2,11-14H2,1H3,(H2,28,30,31). The molecule has 0 atom stereocenters. The molecule has 4 heterocycles. The largest absolute Gasteiger partial charge is 0.369 e. The lowest BCUT2D eigenvalue weighted by Gasteiger charge is -2.35. The zero-order valence-corrected chi connectivity index (χ0v) is 19.9. The van der Waals surface area contributed by atoms with Crippen molar-refractivity contribution in [1.29, 1.82) is 0 Å². The highest BCUT2D eigenvalue weighted by molar-refractivity contribution is 7.18. The number of hydrogen-bond acceptors (Lipinski definition) is 7. The Kier molecular flexibility index (Phi) is 5.36.